The van der Waals surface area contributed by atoms with Crippen molar-refractivity contribution in [1.82, 2.24) is 31.0 Å². The summed E-state index contributed by atoms with van der Waals surface area (Å²) in [5.74, 6) is 2.29. The van der Waals surface area contributed by atoms with E-state index in [1.54, 1.807) is 17.5 Å². The van der Waals surface area contributed by atoms with E-state index < -0.39 is 0 Å². The van der Waals surface area contributed by atoms with Gasteiger partial charge in [-0.2, -0.15) is 11.3 Å². The second-order valence-corrected chi connectivity index (χ2v) is 9.44. The summed E-state index contributed by atoms with van der Waals surface area (Å²) in [4.78, 5) is 16.5. The first-order valence-electron chi connectivity index (χ1n) is 12.2. The van der Waals surface area contributed by atoms with Gasteiger partial charge in [0, 0.05) is 44.5 Å². The van der Waals surface area contributed by atoms with E-state index in [2.05, 4.69) is 55.0 Å². The van der Waals surface area contributed by atoms with Crippen molar-refractivity contribution in [3.05, 3.63) is 63.9 Å². The zero-order valence-corrected chi connectivity index (χ0v) is 20.6. The zero-order chi connectivity index (χ0) is 23.9. The zero-order valence-electron chi connectivity index (χ0n) is 19.7. The number of nitrogens with two attached hydrogens (primary N) is 1. The molecule has 11 heteroatoms. The Kier molecular flexibility index (Phi) is 8.01. The third kappa shape index (κ3) is 6.06. The lowest BCUT2D eigenvalue weighted by atomic mass is 10.0. The van der Waals surface area contributed by atoms with E-state index in [0.717, 1.165) is 80.7 Å². The number of hydrogen-bond donors (Lipinski definition) is 5. The molecule has 0 amide bonds. The van der Waals surface area contributed by atoms with Crippen LogP contribution >= 0.6 is 11.3 Å². The highest BCUT2D eigenvalue weighted by Gasteiger charge is 2.30. The Labute approximate surface area is 209 Å². The van der Waals surface area contributed by atoms with Crippen molar-refractivity contribution in [2.45, 2.75) is 24.9 Å². The van der Waals surface area contributed by atoms with E-state index in [0.29, 0.717) is 12.5 Å². The molecule has 0 radical (unpaired) electrons. The number of aromatic nitrogens is 2. The fraction of sp³-hybridized carbons (Fsp3) is 0.458. The first-order valence-corrected chi connectivity index (χ1v) is 13.1. The van der Waals surface area contributed by atoms with E-state index in [9.17, 15) is 0 Å². The van der Waals surface area contributed by atoms with Crippen molar-refractivity contribution >= 4 is 23.1 Å². The van der Waals surface area contributed by atoms with Crippen LogP contribution in [0.2, 0.25) is 0 Å². The smallest absolute Gasteiger partial charge is 0.223 e. The Morgan fingerprint density at radius 3 is 2.94 bits per heavy atom. The highest BCUT2D eigenvalue weighted by atomic mass is 32.1. The molecule has 3 aliphatic heterocycles. The van der Waals surface area contributed by atoms with Crippen LogP contribution in [0.4, 0.5) is 5.95 Å². The van der Waals surface area contributed by atoms with Gasteiger partial charge in [-0.25, -0.2) is 20.4 Å². The van der Waals surface area contributed by atoms with Crippen LogP contribution in [-0.4, -0.2) is 66.6 Å². The maximum absolute atomic E-state index is 6.00. The second-order valence-electron chi connectivity index (χ2n) is 8.66. The van der Waals surface area contributed by atoms with Gasteiger partial charge in [0.25, 0.3) is 0 Å². The lowest BCUT2D eigenvalue weighted by Crippen LogP contribution is -2.40. The maximum atomic E-state index is 6.00. The van der Waals surface area contributed by atoms with Gasteiger partial charge in [-0.15, -0.1) is 0 Å². The van der Waals surface area contributed by atoms with Crippen molar-refractivity contribution in [2.24, 2.45) is 10.7 Å². The fourth-order valence-corrected chi connectivity index (χ4v) is 5.10. The number of amidine groups is 1. The number of anilines is 1. The van der Waals surface area contributed by atoms with E-state index >= 15 is 0 Å². The predicted octanol–water partition coefficient (Wildman–Crippen LogP) is 1.68. The average molecular weight is 496 g/mol. The van der Waals surface area contributed by atoms with Gasteiger partial charge >= 0.3 is 0 Å². The molecule has 0 spiro atoms. The third-order valence-corrected chi connectivity index (χ3v) is 7.02. The molecule has 5 heterocycles. The Bertz CT molecular complexity index is 1060. The summed E-state index contributed by atoms with van der Waals surface area (Å²) < 4.78 is 5.43. The van der Waals surface area contributed by atoms with E-state index in [1.165, 1.54) is 0 Å². The predicted molar refractivity (Wildman–Crippen MR) is 139 cm³/mol. The molecule has 6 N–H and O–H groups in total. The summed E-state index contributed by atoms with van der Waals surface area (Å²) >= 11 is 1.65. The lowest BCUT2D eigenvalue weighted by Gasteiger charge is -2.26. The molecular weight excluding hydrogens is 462 g/mol. The molecule has 35 heavy (non-hydrogen) atoms. The molecule has 186 valence electrons. The van der Waals surface area contributed by atoms with E-state index in [1.807, 2.05) is 11.4 Å². The number of thiophene rings is 1. The minimum Gasteiger partial charge on any atom is -0.379 e. The molecule has 0 saturated carbocycles. The Hall–Kier alpha value is -2.83. The summed E-state index contributed by atoms with van der Waals surface area (Å²) in [5, 5.41) is 11.0. The molecule has 3 aliphatic rings. The van der Waals surface area contributed by atoms with Crippen LogP contribution in [0.3, 0.4) is 0 Å². The number of morpholine rings is 1. The molecule has 5 rings (SSSR count). The number of hydrogen-bond acceptors (Lipinski definition) is 11. The quantitative estimate of drug-likeness (QED) is 0.353. The van der Waals surface area contributed by atoms with Crippen LogP contribution in [-0.2, 0) is 4.74 Å². The number of nitrogens with one attached hydrogen (secondary N) is 4. The van der Waals surface area contributed by atoms with Crippen molar-refractivity contribution in [1.29, 1.82) is 0 Å². The molecule has 2 saturated heterocycles. The van der Waals surface area contributed by atoms with Crippen molar-refractivity contribution in [3.63, 3.8) is 0 Å². The molecular formula is C24H33N9OS. The standard InChI is InChI=1S/C24H33N9OS/c25-15-20(17-6-14-35-16-17)29-24-27-7-5-19(28-24)22-18-3-1-2-4-21(30-23(18)32-31-22)26-8-9-33-10-12-34-13-11-33/h3-7,14,16,20,22,26,31H,1-2,8-13,15,25H2,(H,30,32)(H,27,28,29). The molecule has 2 unspecified atom stereocenters. The Morgan fingerprint density at radius 1 is 1.23 bits per heavy atom. The Balaban J connectivity index is 1.25. The van der Waals surface area contributed by atoms with Gasteiger partial charge in [0.2, 0.25) is 5.95 Å². The van der Waals surface area contributed by atoms with Crippen LogP contribution in [0.5, 0.6) is 0 Å². The minimum atomic E-state index is -0.109. The summed E-state index contributed by atoms with van der Waals surface area (Å²) in [7, 11) is 0. The number of rotatable bonds is 9. The van der Waals surface area contributed by atoms with Crippen molar-refractivity contribution in [3.8, 4) is 0 Å². The summed E-state index contributed by atoms with van der Waals surface area (Å²) in [5.41, 5.74) is 15.7. The van der Waals surface area contributed by atoms with Crippen molar-refractivity contribution < 1.29 is 4.74 Å². The number of hydrazine groups is 1. The molecule has 0 aliphatic carbocycles. The average Bonchev–Trinajstić information content (AvgIpc) is 3.54. The monoisotopic (exact) mass is 495 g/mol. The largest absolute Gasteiger partial charge is 0.379 e. The molecule has 10 nitrogen and oxygen atoms in total. The number of aliphatic imine (C=N–C) groups is 1. The highest BCUT2D eigenvalue weighted by Crippen LogP contribution is 2.28. The number of fused-ring (bicyclic) bond motifs is 1. The van der Waals surface area contributed by atoms with Gasteiger partial charge in [-0.1, -0.05) is 6.08 Å². The van der Waals surface area contributed by atoms with Gasteiger partial charge in [0.15, 0.2) is 0 Å². The van der Waals surface area contributed by atoms with Gasteiger partial charge in [-0.05, 0) is 47.4 Å². The van der Waals surface area contributed by atoms with Gasteiger partial charge in [0.05, 0.1) is 31.0 Å². The van der Waals surface area contributed by atoms with Gasteiger partial charge < -0.3 is 26.5 Å². The normalized spacial score (nSPS) is 21.5. The first-order chi connectivity index (χ1) is 17.3. The summed E-state index contributed by atoms with van der Waals surface area (Å²) in [6.07, 6.45) is 8.05. The summed E-state index contributed by atoms with van der Waals surface area (Å²) in [6.45, 7) is 5.91. The van der Waals surface area contributed by atoms with Crippen LogP contribution in [0.25, 0.3) is 0 Å². The molecule has 0 aromatic carbocycles. The Morgan fingerprint density at radius 2 is 2.11 bits per heavy atom. The number of nitrogens with zero attached hydrogens (tertiary/aromatic N) is 4. The molecule has 2 atom stereocenters. The van der Waals surface area contributed by atoms with Gasteiger partial charge in [-0.3, -0.25) is 4.90 Å². The molecule has 2 fully saturated rings. The van der Waals surface area contributed by atoms with E-state index in [-0.39, 0.29) is 12.1 Å². The maximum Gasteiger partial charge on any atom is 0.223 e. The molecule has 2 aromatic heterocycles. The fourth-order valence-electron chi connectivity index (χ4n) is 4.38. The topological polar surface area (TPSA) is 125 Å². The number of ether oxygens (including phenoxy) is 1. The third-order valence-electron chi connectivity index (χ3n) is 6.32. The minimum absolute atomic E-state index is 0.0277. The van der Waals surface area contributed by atoms with Crippen LogP contribution in [0, 0.1) is 0 Å². The molecule has 2 aromatic rings. The summed E-state index contributed by atoms with van der Waals surface area (Å²) in [6, 6.07) is 3.87. The van der Waals surface area contributed by atoms with Crippen molar-refractivity contribution in [2.75, 3.05) is 51.3 Å². The number of allylic oxidation sites excluding steroid dienone is 2. The van der Waals surface area contributed by atoms with Crippen LogP contribution < -0.4 is 27.2 Å². The van der Waals surface area contributed by atoms with Crippen LogP contribution in [0.1, 0.15) is 36.2 Å². The SMILES string of the molecule is NCC(Nc1nccc(C2NNC3=NC(NCCN4CCOCC4)=CCCC=C32)n1)c1ccsc1. The van der Waals surface area contributed by atoms with Crippen LogP contribution in [0.15, 0.2) is 57.6 Å². The highest BCUT2D eigenvalue weighted by molar-refractivity contribution is 7.08. The second kappa shape index (κ2) is 11.7. The molecule has 0 bridgehead atoms. The van der Waals surface area contributed by atoms with E-state index in [4.69, 9.17) is 20.4 Å². The lowest BCUT2D eigenvalue weighted by molar-refractivity contribution is 0.0387. The first kappa shape index (κ1) is 23.9. The van der Waals surface area contributed by atoms with Gasteiger partial charge in [0.1, 0.15) is 11.7 Å².